The molecule has 3 amide bonds. The largest absolute Gasteiger partial charge is 0.483 e. The molecule has 0 unspecified atom stereocenters. The Morgan fingerprint density at radius 1 is 1.00 bits per heavy atom. The Kier molecular flexibility index (Phi) is 7.01. The molecule has 2 N–H and O–H groups in total. The van der Waals surface area contributed by atoms with Gasteiger partial charge in [0.15, 0.2) is 11.7 Å². The Labute approximate surface area is 206 Å². The van der Waals surface area contributed by atoms with Crippen molar-refractivity contribution in [2.45, 2.75) is 0 Å². The molecule has 0 radical (unpaired) electrons. The van der Waals surface area contributed by atoms with Crippen LogP contribution in [0.3, 0.4) is 0 Å². The lowest BCUT2D eigenvalue weighted by Gasteiger charge is -2.28. The molecule has 1 aliphatic heterocycles. The second kappa shape index (κ2) is 10.3. The molecule has 1 heterocycles. The van der Waals surface area contributed by atoms with Crippen molar-refractivity contribution in [2.75, 3.05) is 16.8 Å². The summed E-state index contributed by atoms with van der Waals surface area (Å²) in [7, 11) is 0. The highest BCUT2D eigenvalue weighted by molar-refractivity contribution is 7.80. The van der Waals surface area contributed by atoms with Crippen LogP contribution >= 0.6 is 23.8 Å². The van der Waals surface area contributed by atoms with Crippen molar-refractivity contribution in [1.82, 2.24) is 5.32 Å². The molecule has 0 aliphatic carbocycles. The van der Waals surface area contributed by atoms with Crippen LogP contribution in [0.5, 0.6) is 5.75 Å². The van der Waals surface area contributed by atoms with Gasteiger partial charge in [0.25, 0.3) is 17.7 Å². The Balaban J connectivity index is 1.54. The first-order valence-electron chi connectivity index (χ1n) is 10.2. The van der Waals surface area contributed by atoms with Gasteiger partial charge in [0.2, 0.25) is 0 Å². The highest BCUT2D eigenvalue weighted by atomic mass is 35.5. The zero-order valence-corrected chi connectivity index (χ0v) is 19.2. The lowest BCUT2D eigenvalue weighted by Crippen LogP contribution is -2.54. The van der Waals surface area contributed by atoms with Crippen LogP contribution in [-0.2, 0) is 14.4 Å². The summed E-state index contributed by atoms with van der Waals surface area (Å²) in [5.41, 5.74) is 1.33. The van der Waals surface area contributed by atoms with Gasteiger partial charge in [-0.05, 0) is 48.6 Å². The van der Waals surface area contributed by atoms with E-state index in [2.05, 4.69) is 10.6 Å². The number of para-hydroxylation sites is 3. The first-order valence-corrected chi connectivity index (χ1v) is 11.0. The number of rotatable bonds is 6. The number of hydrogen-bond acceptors (Lipinski definition) is 5. The van der Waals surface area contributed by atoms with Crippen LogP contribution in [-0.4, -0.2) is 29.4 Å². The third-order valence-corrected chi connectivity index (χ3v) is 5.46. The molecular formula is C25H18ClN3O4S. The fourth-order valence-electron chi connectivity index (χ4n) is 3.25. The summed E-state index contributed by atoms with van der Waals surface area (Å²) in [6, 6.07) is 22.4. The Morgan fingerprint density at radius 3 is 2.44 bits per heavy atom. The summed E-state index contributed by atoms with van der Waals surface area (Å²) >= 11 is 11.3. The van der Waals surface area contributed by atoms with Gasteiger partial charge in [0, 0.05) is 5.56 Å². The van der Waals surface area contributed by atoms with Crippen molar-refractivity contribution < 1.29 is 19.1 Å². The summed E-state index contributed by atoms with van der Waals surface area (Å²) in [4.78, 5) is 39.3. The van der Waals surface area contributed by atoms with Crippen molar-refractivity contribution in [3.05, 3.63) is 95.0 Å². The smallest absolute Gasteiger partial charge is 0.270 e. The number of carbonyl (C=O) groups excluding carboxylic acids is 3. The number of ether oxygens (including phenoxy) is 1. The van der Waals surface area contributed by atoms with E-state index in [9.17, 15) is 14.4 Å². The molecule has 34 heavy (non-hydrogen) atoms. The molecule has 3 aromatic carbocycles. The zero-order valence-electron chi connectivity index (χ0n) is 17.7. The van der Waals surface area contributed by atoms with E-state index < -0.39 is 17.7 Å². The quantitative estimate of drug-likeness (QED) is 0.307. The van der Waals surface area contributed by atoms with Crippen LogP contribution in [0.25, 0.3) is 6.08 Å². The van der Waals surface area contributed by atoms with Gasteiger partial charge < -0.3 is 10.1 Å². The number of nitrogens with zero attached hydrogens (tertiary/aromatic N) is 1. The average molecular weight is 492 g/mol. The van der Waals surface area contributed by atoms with Crippen molar-refractivity contribution in [1.29, 1.82) is 0 Å². The molecule has 0 aromatic heterocycles. The fraction of sp³-hybridized carbons (Fsp3) is 0.0400. The molecule has 1 fully saturated rings. The van der Waals surface area contributed by atoms with Gasteiger partial charge >= 0.3 is 0 Å². The van der Waals surface area contributed by atoms with Crippen molar-refractivity contribution in [2.24, 2.45) is 0 Å². The number of halogens is 1. The summed E-state index contributed by atoms with van der Waals surface area (Å²) < 4.78 is 5.67. The van der Waals surface area contributed by atoms with Gasteiger partial charge in [0.05, 0.1) is 16.4 Å². The van der Waals surface area contributed by atoms with Gasteiger partial charge in [-0.2, -0.15) is 0 Å². The highest BCUT2D eigenvalue weighted by Crippen LogP contribution is 2.26. The zero-order chi connectivity index (χ0) is 24.1. The number of carbonyl (C=O) groups is 3. The molecule has 0 spiro atoms. The Morgan fingerprint density at radius 2 is 1.68 bits per heavy atom. The number of benzene rings is 3. The van der Waals surface area contributed by atoms with Gasteiger partial charge in [-0.15, -0.1) is 0 Å². The third-order valence-electron chi connectivity index (χ3n) is 4.84. The number of amides is 3. The first kappa shape index (κ1) is 23.2. The standard InChI is InChI=1S/C25H18ClN3O4S/c26-19-11-5-6-12-20(19)27-22(30)15-33-21-13-7-4-8-16(21)14-18-23(31)28-25(34)29(24(18)32)17-9-2-1-3-10-17/h1-14H,15H2,(H,27,30)(H,28,31,34)/b18-14-. The summed E-state index contributed by atoms with van der Waals surface area (Å²) in [6.07, 6.45) is 1.41. The SMILES string of the molecule is O=C(COc1ccccc1/C=C1/C(=O)NC(=S)N(c2ccccc2)C1=O)Nc1ccccc1Cl. The molecule has 4 rings (SSSR count). The number of hydrogen-bond donors (Lipinski definition) is 2. The maximum Gasteiger partial charge on any atom is 0.270 e. The van der Waals surface area contributed by atoms with E-state index in [1.165, 1.54) is 11.0 Å². The third kappa shape index (κ3) is 5.14. The Bertz CT molecular complexity index is 1310. The van der Waals surface area contributed by atoms with Crippen molar-refractivity contribution in [3.8, 4) is 5.75 Å². The van der Waals surface area contributed by atoms with Crippen molar-refractivity contribution in [3.63, 3.8) is 0 Å². The molecular weight excluding hydrogens is 474 g/mol. The van der Waals surface area contributed by atoms with Gasteiger partial charge in [-0.1, -0.05) is 60.1 Å². The molecule has 9 heteroatoms. The van der Waals surface area contributed by atoms with E-state index in [0.717, 1.165) is 0 Å². The normalized spacial score (nSPS) is 14.7. The monoisotopic (exact) mass is 491 g/mol. The van der Waals surface area contributed by atoms with Crippen LogP contribution in [0, 0.1) is 0 Å². The molecule has 1 aliphatic rings. The minimum atomic E-state index is -0.617. The number of anilines is 2. The predicted octanol–water partition coefficient (Wildman–Crippen LogP) is 4.19. The number of nitrogens with one attached hydrogen (secondary N) is 2. The van der Waals surface area contributed by atoms with Gasteiger partial charge in [-0.3, -0.25) is 24.6 Å². The minimum absolute atomic E-state index is 0.000806. The van der Waals surface area contributed by atoms with Crippen molar-refractivity contribution >= 4 is 64.1 Å². The lowest BCUT2D eigenvalue weighted by atomic mass is 10.1. The van der Waals surface area contributed by atoms with E-state index in [1.54, 1.807) is 72.8 Å². The molecule has 3 aromatic rings. The second-order valence-corrected chi connectivity index (χ2v) is 7.94. The molecule has 170 valence electrons. The molecule has 0 bridgehead atoms. The second-order valence-electron chi connectivity index (χ2n) is 7.15. The maximum absolute atomic E-state index is 13.2. The Hall–Kier alpha value is -4.01. The molecule has 1 saturated heterocycles. The summed E-state index contributed by atoms with van der Waals surface area (Å²) in [5, 5.41) is 5.62. The van der Waals surface area contributed by atoms with Crippen LogP contribution in [0.15, 0.2) is 84.4 Å². The fourth-order valence-corrected chi connectivity index (χ4v) is 3.71. The summed E-state index contributed by atoms with van der Waals surface area (Å²) in [5.74, 6) is -1.27. The van der Waals surface area contributed by atoms with Crippen LogP contribution in [0.1, 0.15) is 5.56 Å². The van der Waals surface area contributed by atoms with E-state index in [0.29, 0.717) is 27.7 Å². The lowest BCUT2D eigenvalue weighted by molar-refractivity contribution is -0.122. The first-order chi connectivity index (χ1) is 16.4. The molecule has 7 nitrogen and oxygen atoms in total. The molecule has 0 atom stereocenters. The van der Waals surface area contributed by atoms with Crippen LogP contribution < -0.4 is 20.3 Å². The van der Waals surface area contributed by atoms with E-state index in [4.69, 9.17) is 28.6 Å². The number of thiocarbonyl (C=S) groups is 1. The maximum atomic E-state index is 13.2. The topological polar surface area (TPSA) is 87.7 Å². The van der Waals surface area contributed by atoms with Crippen LogP contribution in [0.2, 0.25) is 5.02 Å². The minimum Gasteiger partial charge on any atom is -0.483 e. The molecule has 0 saturated carbocycles. The van der Waals surface area contributed by atoms with Gasteiger partial charge in [-0.25, -0.2) is 0 Å². The van der Waals surface area contributed by atoms with E-state index in [-0.39, 0.29) is 17.3 Å². The van der Waals surface area contributed by atoms with E-state index in [1.807, 2.05) is 6.07 Å². The van der Waals surface area contributed by atoms with E-state index >= 15 is 0 Å². The van der Waals surface area contributed by atoms with Gasteiger partial charge in [0.1, 0.15) is 11.3 Å². The average Bonchev–Trinajstić information content (AvgIpc) is 2.83. The highest BCUT2D eigenvalue weighted by Gasteiger charge is 2.34. The summed E-state index contributed by atoms with van der Waals surface area (Å²) in [6.45, 7) is -0.300. The van der Waals surface area contributed by atoms with Crippen LogP contribution in [0.4, 0.5) is 11.4 Å². The predicted molar refractivity (Wildman–Crippen MR) is 135 cm³/mol.